The lowest BCUT2D eigenvalue weighted by Crippen LogP contribution is -2.49. The van der Waals surface area contributed by atoms with E-state index in [4.69, 9.17) is 0 Å². The van der Waals surface area contributed by atoms with Crippen molar-refractivity contribution in [2.45, 2.75) is 77.3 Å². The maximum Gasteiger partial charge on any atom is 0.310 e. The summed E-state index contributed by atoms with van der Waals surface area (Å²) in [5, 5.41) is 9.47. The summed E-state index contributed by atoms with van der Waals surface area (Å²) in [6, 6.07) is 0.506. The van der Waals surface area contributed by atoms with Gasteiger partial charge in [-0.25, -0.2) is 0 Å². The molecule has 0 aromatic carbocycles. The fraction of sp³-hybridized carbons (Fsp3) is 0.867. The van der Waals surface area contributed by atoms with Gasteiger partial charge in [-0.1, -0.05) is 12.8 Å². The number of rotatable bonds is 3. The summed E-state index contributed by atoms with van der Waals surface area (Å²) >= 11 is 0. The Morgan fingerprint density at radius 1 is 1.11 bits per heavy atom. The Bertz CT molecular complexity index is 350. The van der Waals surface area contributed by atoms with Crippen LogP contribution >= 0.6 is 0 Å². The van der Waals surface area contributed by atoms with E-state index < -0.39 is 11.4 Å². The predicted molar refractivity (Wildman–Crippen MR) is 72.8 cm³/mol. The molecule has 108 valence electrons. The molecule has 0 aromatic rings. The van der Waals surface area contributed by atoms with E-state index in [0.717, 1.165) is 32.1 Å². The molecule has 1 saturated heterocycles. The van der Waals surface area contributed by atoms with Crippen LogP contribution in [-0.4, -0.2) is 34.0 Å². The topological polar surface area (TPSA) is 57.6 Å². The van der Waals surface area contributed by atoms with Crippen LogP contribution in [0.15, 0.2) is 0 Å². The third-order valence-electron chi connectivity index (χ3n) is 4.99. The Hall–Kier alpha value is -1.06. The first-order valence-electron chi connectivity index (χ1n) is 7.51. The van der Waals surface area contributed by atoms with Gasteiger partial charge >= 0.3 is 5.97 Å². The van der Waals surface area contributed by atoms with Crippen molar-refractivity contribution in [1.29, 1.82) is 0 Å². The van der Waals surface area contributed by atoms with E-state index in [9.17, 15) is 14.7 Å². The summed E-state index contributed by atoms with van der Waals surface area (Å²) in [7, 11) is 0. The Morgan fingerprint density at radius 3 is 2.11 bits per heavy atom. The Kier molecular flexibility index (Phi) is 4.16. The van der Waals surface area contributed by atoms with Crippen LogP contribution in [0.1, 0.15) is 65.2 Å². The van der Waals surface area contributed by atoms with E-state index in [-0.39, 0.29) is 24.4 Å². The van der Waals surface area contributed by atoms with Crippen molar-refractivity contribution >= 4 is 11.9 Å². The lowest BCUT2D eigenvalue weighted by Gasteiger charge is -2.40. The molecule has 1 N–H and O–H groups in total. The molecule has 1 saturated carbocycles. The molecule has 4 heteroatoms. The molecule has 1 aliphatic heterocycles. The van der Waals surface area contributed by atoms with E-state index >= 15 is 0 Å². The van der Waals surface area contributed by atoms with Crippen LogP contribution in [0.5, 0.6) is 0 Å². The fourth-order valence-electron chi connectivity index (χ4n) is 3.81. The number of likely N-dealkylation sites (tertiary alicyclic amines) is 1. The average molecular weight is 267 g/mol. The molecule has 2 fully saturated rings. The van der Waals surface area contributed by atoms with Gasteiger partial charge < -0.3 is 10.0 Å². The van der Waals surface area contributed by atoms with E-state index in [2.05, 4.69) is 13.8 Å². The zero-order valence-corrected chi connectivity index (χ0v) is 12.0. The Morgan fingerprint density at radius 2 is 1.63 bits per heavy atom. The minimum atomic E-state index is -0.784. The monoisotopic (exact) mass is 267 g/mol. The number of hydrogen-bond acceptors (Lipinski definition) is 2. The first-order chi connectivity index (χ1) is 8.96. The van der Waals surface area contributed by atoms with Gasteiger partial charge in [0.25, 0.3) is 0 Å². The number of carboxylic acid groups (broad SMARTS) is 1. The summed E-state index contributed by atoms with van der Waals surface area (Å²) in [6.45, 7) is 4.16. The SMILES string of the molecule is C[C@@H]1CCC[C@H](C)N1C(=O)CC1(C(=O)O)CCCC1. The lowest BCUT2D eigenvalue weighted by atomic mass is 9.81. The van der Waals surface area contributed by atoms with Crippen molar-refractivity contribution in [3.05, 3.63) is 0 Å². The molecule has 2 aliphatic rings. The normalized spacial score (nSPS) is 30.3. The van der Waals surface area contributed by atoms with E-state index in [1.165, 1.54) is 0 Å². The highest BCUT2D eigenvalue weighted by Crippen LogP contribution is 2.42. The van der Waals surface area contributed by atoms with E-state index in [1.54, 1.807) is 0 Å². The first-order valence-corrected chi connectivity index (χ1v) is 7.51. The quantitative estimate of drug-likeness (QED) is 0.855. The highest BCUT2D eigenvalue weighted by molar-refractivity contribution is 5.85. The number of nitrogens with zero attached hydrogens (tertiary/aromatic N) is 1. The van der Waals surface area contributed by atoms with Crippen molar-refractivity contribution < 1.29 is 14.7 Å². The number of aliphatic carboxylic acids is 1. The van der Waals surface area contributed by atoms with Crippen molar-refractivity contribution in [1.82, 2.24) is 4.90 Å². The van der Waals surface area contributed by atoms with Crippen molar-refractivity contribution in [2.75, 3.05) is 0 Å². The molecule has 0 unspecified atom stereocenters. The molecular weight excluding hydrogens is 242 g/mol. The second kappa shape index (κ2) is 5.51. The molecule has 1 amide bonds. The first kappa shape index (κ1) is 14.4. The minimum absolute atomic E-state index is 0.0454. The van der Waals surface area contributed by atoms with Crippen molar-refractivity contribution in [3.8, 4) is 0 Å². The van der Waals surface area contributed by atoms with Crippen LogP contribution in [-0.2, 0) is 9.59 Å². The summed E-state index contributed by atoms with van der Waals surface area (Å²) < 4.78 is 0. The van der Waals surface area contributed by atoms with E-state index in [1.807, 2.05) is 4.90 Å². The van der Waals surface area contributed by atoms with Crippen molar-refractivity contribution in [3.63, 3.8) is 0 Å². The minimum Gasteiger partial charge on any atom is -0.481 e. The summed E-state index contributed by atoms with van der Waals surface area (Å²) in [4.78, 5) is 26.0. The zero-order chi connectivity index (χ0) is 14.0. The lowest BCUT2D eigenvalue weighted by molar-refractivity contribution is -0.155. The largest absolute Gasteiger partial charge is 0.481 e. The maximum atomic E-state index is 12.5. The Labute approximate surface area is 115 Å². The third kappa shape index (κ3) is 2.77. The molecular formula is C15H25NO3. The molecule has 0 aromatic heterocycles. The zero-order valence-electron chi connectivity index (χ0n) is 12.0. The van der Waals surface area contributed by atoms with Gasteiger partial charge in [-0.15, -0.1) is 0 Å². The van der Waals surface area contributed by atoms with Gasteiger partial charge in [0.2, 0.25) is 5.91 Å². The molecule has 0 bridgehead atoms. The molecule has 2 rings (SSSR count). The van der Waals surface area contributed by atoms with Gasteiger partial charge in [0.15, 0.2) is 0 Å². The number of hydrogen-bond donors (Lipinski definition) is 1. The van der Waals surface area contributed by atoms with Gasteiger partial charge in [-0.05, 0) is 46.0 Å². The third-order valence-corrected chi connectivity index (χ3v) is 4.99. The van der Waals surface area contributed by atoms with Gasteiger partial charge in [-0.2, -0.15) is 0 Å². The average Bonchev–Trinajstić information content (AvgIpc) is 2.78. The second-order valence-corrected chi connectivity index (χ2v) is 6.40. The number of carbonyl (C=O) groups excluding carboxylic acids is 1. The number of carboxylic acids is 1. The fourth-order valence-corrected chi connectivity index (χ4v) is 3.81. The standard InChI is InChI=1S/C15H25NO3/c1-11-6-5-7-12(2)16(11)13(17)10-15(14(18)19)8-3-4-9-15/h11-12H,3-10H2,1-2H3,(H,18,19)/t11-,12+. The van der Waals surface area contributed by atoms with Crippen LogP contribution in [0.2, 0.25) is 0 Å². The second-order valence-electron chi connectivity index (χ2n) is 6.40. The molecule has 1 aliphatic carbocycles. The predicted octanol–water partition coefficient (Wildman–Crippen LogP) is 2.81. The molecule has 0 spiro atoms. The van der Waals surface area contributed by atoms with Crippen LogP contribution < -0.4 is 0 Å². The van der Waals surface area contributed by atoms with Crippen LogP contribution in [0, 0.1) is 5.41 Å². The van der Waals surface area contributed by atoms with Crippen LogP contribution in [0.25, 0.3) is 0 Å². The van der Waals surface area contributed by atoms with Gasteiger partial charge in [0.1, 0.15) is 0 Å². The molecule has 4 nitrogen and oxygen atoms in total. The van der Waals surface area contributed by atoms with Gasteiger partial charge in [0.05, 0.1) is 5.41 Å². The maximum absolute atomic E-state index is 12.5. The molecule has 0 radical (unpaired) electrons. The van der Waals surface area contributed by atoms with Crippen LogP contribution in [0.4, 0.5) is 0 Å². The Balaban J connectivity index is 2.08. The molecule has 2 atom stereocenters. The van der Waals surface area contributed by atoms with Crippen LogP contribution in [0.3, 0.4) is 0 Å². The highest BCUT2D eigenvalue weighted by Gasteiger charge is 2.44. The van der Waals surface area contributed by atoms with Gasteiger partial charge in [0, 0.05) is 18.5 Å². The van der Waals surface area contributed by atoms with Crippen molar-refractivity contribution in [2.24, 2.45) is 5.41 Å². The van der Waals surface area contributed by atoms with Gasteiger partial charge in [-0.3, -0.25) is 9.59 Å². The number of amides is 1. The summed E-state index contributed by atoms with van der Waals surface area (Å²) in [6.07, 6.45) is 6.62. The number of piperidine rings is 1. The summed E-state index contributed by atoms with van der Waals surface area (Å²) in [5.41, 5.74) is -0.784. The molecule has 19 heavy (non-hydrogen) atoms. The summed E-state index contributed by atoms with van der Waals surface area (Å²) in [5.74, 6) is -0.736. The number of carbonyl (C=O) groups is 2. The van der Waals surface area contributed by atoms with E-state index in [0.29, 0.717) is 12.8 Å². The highest BCUT2D eigenvalue weighted by atomic mass is 16.4. The smallest absolute Gasteiger partial charge is 0.310 e. The molecule has 1 heterocycles.